The van der Waals surface area contributed by atoms with E-state index in [0.717, 1.165) is 5.56 Å². The predicted molar refractivity (Wildman–Crippen MR) is 148 cm³/mol. The Bertz CT molecular complexity index is 1410. The van der Waals surface area contributed by atoms with Crippen molar-refractivity contribution in [3.05, 3.63) is 65.1 Å². The van der Waals surface area contributed by atoms with Gasteiger partial charge in [0, 0.05) is 34.9 Å². The van der Waals surface area contributed by atoms with E-state index in [1.807, 2.05) is 12.1 Å². The van der Waals surface area contributed by atoms with Crippen LogP contribution in [-0.2, 0) is 14.3 Å². The second kappa shape index (κ2) is 11.9. The molecule has 11 nitrogen and oxygen atoms in total. The summed E-state index contributed by atoms with van der Waals surface area (Å²) < 4.78 is 10.5. The van der Waals surface area contributed by atoms with E-state index in [0.29, 0.717) is 72.1 Å². The molecule has 40 heavy (non-hydrogen) atoms. The fraction of sp³-hybridized carbons (Fsp3) is 0.357. The quantitative estimate of drug-likeness (QED) is 0.301. The SMILES string of the molecule is COC(=O)Nc1ccc2c(c1)N[C@@H](C(=O)O)CCCC[C@H](N1CCC(c3cccc(Cl)c3)OC1=O)c1ncc-2[nH]1. The fourth-order valence-electron chi connectivity index (χ4n) is 5.18. The zero-order valence-corrected chi connectivity index (χ0v) is 22.6. The number of rotatable bonds is 4. The molecule has 3 heterocycles. The molecule has 2 aliphatic rings. The maximum absolute atomic E-state index is 13.2. The molecule has 2 amide bonds. The number of hydrogen-bond acceptors (Lipinski definition) is 7. The highest BCUT2D eigenvalue weighted by atomic mass is 35.5. The second-order valence-corrected chi connectivity index (χ2v) is 10.2. The van der Waals surface area contributed by atoms with Crippen LogP contribution in [0.2, 0.25) is 5.02 Å². The van der Waals surface area contributed by atoms with Crippen LogP contribution in [0.25, 0.3) is 11.3 Å². The van der Waals surface area contributed by atoms with E-state index in [9.17, 15) is 19.5 Å². The number of benzene rings is 2. The largest absolute Gasteiger partial charge is 0.480 e. The number of nitrogens with zero attached hydrogens (tertiary/aromatic N) is 2. The van der Waals surface area contributed by atoms with Crippen molar-refractivity contribution < 1.29 is 29.0 Å². The Labute approximate surface area is 235 Å². The van der Waals surface area contributed by atoms with Crippen molar-refractivity contribution in [1.82, 2.24) is 14.9 Å². The van der Waals surface area contributed by atoms with E-state index >= 15 is 0 Å². The Morgan fingerprint density at radius 2 is 2.00 bits per heavy atom. The first kappa shape index (κ1) is 27.3. The minimum Gasteiger partial charge on any atom is -0.480 e. The summed E-state index contributed by atoms with van der Waals surface area (Å²) in [5.41, 5.74) is 3.11. The molecule has 2 aromatic carbocycles. The predicted octanol–water partition coefficient (Wildman–Crippen LogP) is 5.97. The first-order chi connectivity index (χ1) is 19.3. The number of cyclic esters (lactones) is 1. The number of aliphatic carboxylic acids is 1. The number of carbonyl (C=O) groups excluding carboxylic acids is 2. The highest BCUT2D eigenvalue weighted by Crippen LogP contribution is 2.37. The molecule has 210 valence electrons. The first-order valence-electron chi connectivity index (χ1n) is 13.1. The number of aromatic amines is 1. The molecule has 4 N–H and O–H groups in total. The number of aromatic nitrogens is 2. The Balaban J connectivity index is 1.44. The Hall–Kier alpha value is -4.25. The summed E-state index contributed by atoms with van der Waals surface area (Å²) in [6.45, 7) is 0.467. The van der Waals surface area contributed by atoms with Gasteiger partial charge in [0.25, 0.3) is 0 Å². The molecule has 1 unspecified atom stereocenters. The van der Waals surface area contributed by atoms with Crippen molar-refractivity contribution >= 4 is 41.1 Å². The second-order valence-electron chi connectivity index (χ2n) is 9.80. The van der Waals surface area contributed by atoms with Gasteiger partial charge < -0.3 is 24.9 Å². The van der Waals surface area contributed by atoms with E-state index < -0.39 is 24.2 Å². The Morgan fingerprint density at radius 3 is 2.75 bits per heavy atom. The lowest BCUT2D eigenvalue weighted by atomic mass is 10.0. The number of hydrogen-bond donors (Lipinski definition) is 4. The van der Waals surface area contributed by atoms with Gasteiger partial charge in [-0.3, -0.25) is 10.2 Å². The number of anilines is 2. The highest BCUT2D eigenvalue weighted by Gasteiger charge is 2.35. The first-order valence-corrected chi connectivity index (χ1v) is 13.5. The molecule has 1 saturated heterocycles. The minimum atomic E-state index is -0.983. The molecule has 1 aromatic heterocycles. The molecule has 1 fully saturated rings. The molecule has 12 heteroatoms. The van der Waals surface area contributed by atoms with Gasteiger partial charge in [0.1, 0.15) is 18.0 Å². The zero-order valence-electron chi connectivity index (χ0n) is 21.9. The molecule has 2 bridgehead atoms. The van der Waals surface area contributed by atoms with Crippen molar-refractivity contribution in [2.45, 2.75) is 50.3 Å². The third-order valence-corrected chi connectivity index (χ3v) is 7.44. The summed E-state index contributed by atoms with van der Waals surface area (Å²) in [6, 6.07) is 11.2. The summed E-state index contributed by atoms with van der Waals surface area (Å²) >= 11 is 6.14. The molecular weight excluding hydrogens is 538 g/mol. The summed E-state index contributed by atoms with van der Waals surface area (Å²) in [6.07, 6.45) is 3.04. The number of nitrogens with one attached hydrogen (secondary N) is 3. The molecular formula is C28H30ClN5O6. The molecule has 0 spiro atoms. The van der Waals surface area contributed by atoms with E-state index in [1.165, 1.54) is 7.11 Å². The average Bonchev–Trinajstić information content (AvgIpc) is 3.42. The molecule has 3 aromatic rings. The van der Waals surface area contributed by atoms with Crippen LogP contribution in [0, 0.1) is 0 Å². The normalized spacial score (nSPS) is 21.1. The number of carbonyl (C=O) groups is 3. The maximum atomic E-state index is 13.2. The van der Waals surface area contributed by atoms with Gasteiger partial charge in [0.2, 0.25) is 0 Å². The molecule has 0 saturated carbocycles. The van der Waals surface area contributed by atoms with Crippen LogP contribution in [0.5, 0.6) is 0 Å². The maximum Gasteiger partial charge on any atom is 0.411 e. The van der Waals surface area contributed by atoms with Gasteiger partial charge in [-0.2, -0.15) is 0 Å². The number of methoxy groups -OCH3 is 1. The van der Waals surface area contributed by atoms with E-state index in [1.54, 1.807) is 41.4 Å². The number of H-pyrrole nitrogens is 1. The van der Waals surface area contributed by atoms with Gasteiger partial charge in [0.05, 0.1) is 25.0 Å². The lowest BCUT2D eigenvalue weighted by Crippen LogP contribution is -2.42. The van der Waals surface area contributed by atoms with Gasteiger partial charge in [-0.15, -0.1) is 0 Å². The number of ether oxygens (including phenoxy) is 2. The number of halogens is 1. The van der Waals surface area contributed by atoms with Crippen molar-refractivity contribution in [1.29, 1.82) is 0 Å². The lowest BCUT2D eigenvalue weighted by molar-refractivity contribution is -0.138. The van der Waals surface area contributed by atoms with Gasteiger partial charge in [-0.1, -0.05) is 36.6 Å². The lowest BCUT2D eigenvalue weighted by Gasteiger charge is -2.36. The number of carboxylic acid groups (broad SMARTS) is 1. The summed E-state index contributed by atoms with van der Waals surface area (Å²) in [7, 11) is 1.26. The molecule has 0 aliphatic carbocycles. The summed E-state index contributed by atoms with van der Waals surface area (Å²) in [5.74, 6) is -0.367. The Kier molecular flexibility index (Phi) is 8.11. The summed E-state index contributed by atoms with van der Waals surface area (Å²) in [5, 5.41) is 16.2. The van der Waals surface area contributed by atoms with E-state index in [-0.39, 0.29) is 12.1 Å². The monoisotopic (exact) mass is 567 g/mol. The van der Waals surface area contributed by atoms with Crippen LogP contribution in [0.1, 0.15) is 55.6 Å². The van der Waals surface area contributed by atoms with E-state index in [2.05, 4.69) is 25.3 Å². The van der Waals surface area contributed by atoms with Crippen molar-refractivity contribution in [3.8, 4) is 11.3 Å². The molecule has 3 atom stereocenters. The van der Waals surface area contributed by atoms with Gasteiger partial charge in [-0.25, -0.2) is 19.4 Å². The highest BCUT2D eigenvalue weighted by molar-refractivity contribution is 6.30. The van der Waals surface area contributed by atoms with Crippen molar-refractivity contribution in [3.63, 3.8) is 0 Å². The van der Waals surface area contributed by atoms with Crippen LogP contribution in [0.15, 0.2) is 48.7 Å². The third-order valence-electron chi connectivity index (χ3n) is 7.21. The summed E-state index contributed by atoms with van der Waals surface area (Å²) in [4.78, 5) is 46.7. The number of imidazole rings is 1. The van der Waals surface area contributed by atoms with Crippen LogP contribution in [0.4, 0.5) is 21.0 Å². The van der Waals surface area contributed by atoms with Crippen LogP contribution >= 0.6 is 11.6 Å². The van der Waals surface area contributed by atoms with Gasteiger partial charge in [0.15, 0.2) is 0 Å². The number of fused-ring (bicyclic) bond motifs is 4. The molecule has 5 rings (SSSR count). The van der Waals surface area contributed by atoms with Gasteiger partial charge in [-0.05, 0) is 48.7 Å². The van der Waals surface area contributed by atoms with Crippen molar-refractivity contribution in [2.75, 3.05) is 24.3 Å². The van der Waals surface area contributed by atoms with E-state index in [4.69, 9.17) is 16.3 Å². The fourth-order valence-corrected chi connectivity index (χ4v) is 5.38. The molecule has 0 radical (unpaired) electrons. The third kappa shape index (κ3) is 5.99. The van der Waals surface area contributed by atoms with Crippen LogP contribution < -0.4 is 10.6 Å². The van der Waals surface area contributed by atoms with Crippen LogP contribution in [0.3, 0.4) is 0 Å². The topological polar surface area (TPSA) is 146 Å². The average molecular weight is 568 g/mol. The van der Waals surface area contributed by atoms with Gasteiger partial charge >= 0.3 is 18.2 Å². The standard InChI is InChI=1S/C28H30ClN5O6/c1-39-27(37)31-18-9-10-19-21(14-18)32-20(26(35)36)7-2-3-8-23(25-30-15-22(19)33-25)34-12-11-24(40-28(34)38)16-5-4-6-17(29)13-16/h4-6,9-10,13-15,20,23-24,32H,2-3,7-8,11-12H2,1H3,(H,30,33)(H,31,37)(H,35,36)/t20-,23+,24?/m1/s1. The molecule has 2 aliphatic heterocycles. The van der Waals surface area contributed by atoms with Crippen molar-refractivity contribution in [2.24, 2.45) is 0 Å². The number of amides is 2. The minimum absolute atomic E-state index is 0.371. The van der Waals surface area contributed by atoms with Crippen LogP contribution in [-0.4, -0.2) is 57.8 Å². The number of carboxylic acids is 1. The smallest absolute Gasteiger partial charge is 0.411 e. The zero-order chi connectivity index (χ0) is 28.2. The Morgan fingerprint density at radius 1 is 1.18 bits per heavy atom.